The van der Waals surface area contributed by atoms with Crippen molar-refractivity contribution in [2.24, 2.45) is 23.5 Å². The van der Waals surface area contributed by atoms with E-state index in [0.717, 1.165) is 23.8 Å². The van der Waals surface area contributed by atoms with Gasteiger partial charge >= 0.3 is 0 Å². The van der Waals surface area contributed by atoms with Crippen LogP contribution in [-0.4, -0.2) is 18.6 Å². The van der Waals surface area contributed by atoms with Gasteiger partial charge in [-0.15, -0.1) is 0 Å². The second kappa shape index (κ2) is 4.66. The zero-order chi connectivity index (χ0) is 11.0. The minimum Gasteiger partial charge on any atom is -0.328 e. The van der Waals surface area contributed by atoms with E-state index in [0.29, 0.717) is 6.04 Å². The van der Waals surface area contributed by atoms with E-state index in [2.05, 4.69) is 5.32 Å². The Bertz CT molecular complexity index is 233. The number of nitrogens with two attached hydrogens (primary N) is 1. The van der Waals surface area contributed by atoms with Crippen molar-refractivity contribution in [1.82, 2.24) is 5.32 Å². The summed E-state index contributed by atoms with van der Waals surface area (Å²) in [6.45, 7) is 1.29. The van der Waals surface area contributed by atoms with E-state index >= 15 is 0 Å². The van der Waals surface area contributed by atoms with Gasteiger partial charge in [-0.05, 0) is 69.2 Å². The summed E-state index contributed by atoms with van der Waals surface area (Å²) in [6.07, 6.45) is 11.2. The molecule has 2 heteroatoms. The topological polar surface area (TPSA) is 38.0 Å². The lowest BCUT2D eigenvalue weighted by atomic mass is 9.87. The number of hydrogen-bond acceptors (Lipinski definition) is 2. The molecule has 3 aliphatic rings. The molecule has 3 N–H and O–H groups in total. The molecule has 16 heavy (non-hydrogen) atoms. The largest absolute Gasteiger partial charge is 0.328 e. The number of fused-ring (bicyclic) bond motifs is 2. The summed E-state index contributed by atoms with van der Waals surface area (Å²) in [7, 11) is 0. The molecule has 3 rings (SSSR count). The van der Waals surface area contributed by atoms with Gasteiger partial charge in [0, 0.05) is 12.1 Å². The van der Waals surface area contributed by atoms with E-state index in [1.807, 2.05) is 0 Å². The summed E-state index contributed by atoms with van der Waals surface area (Å²) in [4.78, 5) is 0. The van der Waals surface area contributed by atoms with Crippen molar-refractivity contribution in [1.29, 1.82) is 0 Å². The predicted molar refractivity (Wildman–Crippen MR) is 67.2 cm³/mol. The third-order valence-corrected chi connectivity index (χ3v) is 5.33. The van der Waals surface area contributed by atoms with Crippen molar-refractivity contribution in [2.45, 2.75) is 63.5 Å². The Labute approximate surface area is 99.4 Å². The lowest BCUT2D eigenvalue weighted by Crippen LogP contribution is -2.40. The molecule has 3 fully saturated rings. The maximum absolute atomic E-state index is 5.94. The Morgan fingerprint density at radius 2 is 1.75 bits per heavy atom. The van der Waals surface area contributed by atoms with Crippen LogP contribution in [0.1, 0.15) is 51.4 Å². The Balaban J connectivity index is 1.40. The average molecular weight is 222 g/mol. The smallest absolute Gasteiger partial charge is 0.00683 e. The van der Waals surface area contributed by atoms with Crippen LogP contribution >= 0.6 is 0 Å². The van der Waals surface area contributed by atoms with Gasteiger partial charge in [0.1, 0.15) is 0 Å². The second-order valence-corrected chi connectivity index (χ2v) is 6.45. The molecule has 2 nitrogen and oxygen atoms in total. The SMILES string of the molecule is NC1CCC(NCC2CC3CCC2C3)CC1. The molecule has 0 aromatic heterocycles. The van der Waals surface area contributed by atoms with Crippen molar-refractivity contribution in [2.75, 3.05) is 6.54 Å². The number of hydrogen-bond donors (Lipinski definition) is 2. The zero-order valence-electron chi connectivity index (χ0n) is 10.3. The van der Waals surface area contributed by atoms with E-state index in [-0.39, 0.29) is 0 Å². The molecule has 3 saturated carbocycles. The Morgan fingerprint density at radius 3 is 2.38 bits per heavy atom. The van der Waals surface area contributed by atoms with E-state index in [1.54, 1.807) is 6.42 Å². The fourth-order valence-electron chi connectivity index (χ4n) is 4.27. The first kappa shape index (κ1) is 11.0. The number of rotatable bonds is 3. The van der Waals surface area contributed by atoms with Gasteiger partial charge in [0.15, 0.2) is 0 Å². The molecule has 3 atom stereocenters. The molecule has 3 aliphatic carbocycles. The van der Waals surface area contributed by atoms with Crippen LogP contribution in [0, 0.1) is 17.8 Å². The first-order valence-electron chi connectivity index (χ1n) is 7.30. The van der Waals surface area contributed by atoms with Crippen molar-refractivity contribution < 1.29 is 0 Å². The molecule has 0 spiro atoms. The molecule has 3 unspecified atom stereocenters. The molecule has 92 valence electrons. The normalized spacial score (nSPS) is 47.4. The molecule has 0 radical (unpaired) electrons. The van der Waals surface area contributed by atoms with Crippen LogP contribution in [0.5, 0.6) is 0 Å². The third kappa shape index (κ3) is 2.28. The summed E-state index contributed by atoms with van der Waals surface area (Å²) in [5, 5.41) is 3.81. The minimum absolute atomic E-state index is 0.487. The Morgan fingerprint density at radius 1 is 0.938 bits per heavy atom. The minimum atomic E-state index is 0.487. The van der Waals surface area contributed by atoms with Crippen LogP contribution in [0.4, 0.5) is 0 Å². The first-order valence-corrected chi connectivity index (χ1v) is 7.30. The summed E-state index contributed by atoms with van der Waals surface area (Å²) >= 11 is 0. The quantitative estimate of drug-likeness (QED) is 0.769. The summed E-state index contributed by atoms with van der Waals surface area (Å²) < 4.78 is 0. The summed E-state index contributed by atoms with van der Waals surface area (Å²) in [5.41, 5.74) is 5.94. The van der Waals surface area contributed by atoms with Crippen molar-refractivity contribution in [3.8, 4) is 0 Å². The van der Waals surface area contributed by atoms with Crippen LogP contribution in [0.15, 0.2) is 0 Å². The van der Waals surface area contributed by atoms with Crippen LogP contribution in [-0.2, 0) is 0 Å². The maximum atomic E-state index is 5.94. The molecule has 0 saturated heterocycles. The summed E-state index contributed by atoms with van der Waals surface area (Å²) in [6, 6.07) is 1.26. The highest BCUT2D eigenvalue weighted by Crippen LogP contribution is 2.48. The van der Waals surface area contributed by atoms with Gasteiger partial charge < -0.3 is 11.1 Å². The van der Waals surface area contributed by atoms with Gasteiger partial charge in [0.05, 0.1) is 0 Å². The van der Waals surface area contributed by atoms with Crippen molar-refractivity contribution in [3.63, 3.8) is 0 Å². The highest BCUT2D eigenvalue weighted by Gasteiger charge is 2.39. The van der Waals surface area contributed by atoms with Crippen LogP contribution < -0.4 is 11.1 Å². The van der Waals surface area contributed by atoms with E-state index in [9.17, 15) is 0 Å². The first-order chi connectivity index (χ1) is 7.81. The van der Waals surface area contributed by atoms with Gasteiger partial charge in [0.25, 0.3) is 0 Å². The van der Waals surface area contributed by atoms with Gasteiger partial charge in [-0.1, -0.05) is 6.42 Å². The highest BCUT2D eigenvalue weighted by molar-refractivity contribution is 4.91. The molecule has 2 bridgehead atoms. The fourth-order valence-corrected chi connectivity index (χ4v) is 4.27. The maximum Gasteiger partial charge on any atom is 0.00683 e. The molecule has 0 aliphatic heterocycles. The van der Waals surface area contributed by atoms with Crippen molar-refractivity contribution in [3.05, 3.63) is 0 Å². The average Bonchev–Trinajstić information content (AvgIpc) is 2.90. The Hall–Kier alpha value is -0.0800. The van der Waals surface area contributed by atoms with E-state index < -0.39 is 0 Å². The molecular weight excluding hydrogens is 196 g/mol. The van der Waals surface area contributed by atoms with E-state index in [1.165, 1.54) is 51.5 Å². The lowest BCUT2D eigenvalue weighted by Gasteiger charge is -2.30. The highest BCUT2D eigenvalue weighted by atomic mass is 14.9. The fraction of sp³-hybridized carbons (Fsp3) is 1.00. The third-order valence-electron chi connectivity index (χ3n) is 5.33. The predicted octanol–water partition coefficient (Wildman–Crippen LogP) is 2.28. The number of nitrogens with one attached hydrogen (secondary N) is 1. The molecular formula is C14H26N2. The molecule has 0 heterocycles. The van der Waals surface area contributed by atoms with Gasteiger partial charge in [-0.3, -0.25) is 0 Å². The van der Waals surface area contributed by atoms with Gasteiger partial charge in [-0.2, -0.15) is 0 Å². The van der Waals surface area contributed by atoms with Crippen LogP contribution in [0.2, 0.25) is 0 Å². The van der Waals surface area contributed by atoms with Crippen molar-refractivity contribution >= 4 is 0 Å². The van der Waals surface area contributed by atoms with E-state index in [4.69, 9.17) is 5.73 Å². The zero-order valence-corrected chi connectivity index (χ0v) is 10.3. The van der Waals surface area contributed by atoms with Gasteiger partial charge in [-0.25, -0.2) is 0 Å². The Kier molecular flexibility index (Phi) is 3.21. The standard InChI is InChI=1S/C14H26N2/c15-13-3-5-14(6-4-13)16-9-12-8-10-1-2-11(12)7-10/h10-14,16H,1-9,15H2. The summed E-state index contributed by atoms with van der Waals surface area (Å²) in [5.74, 6) is 3.18. The molecule has 0 amide bonds. The molecule has 0 aromatic carbocycles. The van der Waals surface area contributed by atoms with Crippen LogP contribution in [0.25, 0.3) is 0 Å². The molecule has 0 aromatic rings. The second-order valence-electron chi connectivity index (χ2n) is 6.45. The monoisotopic (exact) mass is 222 g/mol. The van der Waals surface area contributed by atoms with Crippen LogP contribution in [0.3, 0.4) is 0 Å². The van der Waals surface area contributed by atoms with Gasteiger partial charge in [0.2, 0.25) is 0 Å². The lowest BCUT2D eigenvalue weighted by molar-refractivity contribution is 0.277.